The summed E-state index contributed by atoms with van der Waals surface area (Å²) < 4.78 is 0. The van der Waals surface area contributed by atoms with Crippen molar-refractivity contribution in [2.75, 3.05) is 39.3 Å². The molecule has 1 saturated carbocycles. The van der Waals surface area contributed by atoms with Crippen molar-refractivity contribution in [3.8, 4) is 0 Å². The van der Waals surface area contributed by atoms with Crippen molar-refractivity contribution < 1.29 is 5.11 Å². The van der Waals surface area contributed by atoms with Gasteiger partial charge in [-0.1, -0.05) is 0 Å². The van der Waals surface area contributed by atoms with Crippen LogP contribution in [0, 0.1) is 0 Å². The van der Waals surface area contributed by atoms with E-state index in [2.05, 4.69) is 9.80 Å². The SMILES string of the molecule is CC(O)(CN)CCN1CCN(C2CC2)CC1. The molecule has 1 saturated heterocycles. The molecule has 1 aliphatic heterocycles. The van der Waals surface area contributed by atoms with Crippen LogP contribution in [0.25, 0.3) is 0 Å². The Hall–Kier alpha value is -0.160. The smallest absolute Gasteiger partial charge is 0.0753 e. The average Bonchev–Trinajstić information content (AvgIpc) is 3.11. The Morgan fingerprint density at radius 1 is 1.25 bits per heavy atom. The van der Waals surface area contributed by atoms with Gasteiger partial charge in [0.05, 0.1) is 5.60 Å². The first-order valence-electron chi connectivity index (χ1n) is 6.49. The Balaban J connectivity index is 1.65. The number of nitrogens with zero attached hydrogens (tertiary/aromatic N) is 2. The lowest BCUT2D eigenvalue weighted by Crippen LogP contribution is -2.48. The highest BCUT2D eigenvalue weighted by Crippen LogP contribution is 2.27. The summed E-state index contributed by atoms with van der Waals surface area (Å²) in [5.41, 5.74) is 4.83. The van der Waals surface area contributed by atoms with E-state index in [0.717, 1.165) is 32.1 Å². The second-order valence-electron chi connectivity index (χ2n) is 5.56. The van der Waals surface area contributed by atoms with E-state index < -0.39 is 5.60 Å². The third-order valence-corrected chi connectivity index (χ3v) is 3.88. The van der Waals surface area contributed by atoms with Gasteiger partial charge in [-0.15, -0.1) is 0 Å². The number of aliphatic hydroxyl groups is 1. The zero-order chi connectivity index (χ0) is 11.6. The second-order valence-corrected chi connectivity index (χ2v) is 5.56. The third kappa shape index (κ3) is 3.42. The molecule has 0 aromatic rings. The van der Waals surface area contributed by atoms with Gasteiger partial charge in [-0.25, -0.2) is 0 Å². The normalized spacial score (nSPS) is 27.9. The number of rotatable bonds is 5. The molecular weight excluding hydrogens is 202 g/mol. The molecule has 4 nitrogen and oxygen atoms in total. The molecule has 0 spiro atoms. The zero-order valence-corrected chi connectivity index (χ0v) is 10.4. The van der Waals surface area contributed by atoms with Crippen LogP contribution in [-0.4, -0.2) is 65.8 Å². The van der Waals surface area contributed by atoms with Crippen LogP contribution < -0.4 is 5.73 Å². The van der Waals surface area contributed by atoms with Crippen LogP contribution >= 0.6 is 0 Å². The van der Waals surface area contributed by atoms with Crippen LogP contribution in [-0.2, 0) is 0 Å². The molecule has 1 heterocycles. The van der Waals surface area contributed by atoms with Crippen LogP contribution in [0.15, 0.2) is 0 Å². The molecule has 4 heteroatoms. The molecule has 0 amide bonds. The number of nitrogens with two attached hydrogens (primary N) is 1. The Kier molecular flexibility index (Phi) is 3.85. The van der Waals surface area contributed by atoms with Gasteiger partial charge in [-0.2, -0.15) is 0 Å². The van der Waals surface area contributed by atoms with Gasteiger partial charge in [0.1, 0.15) is 0 Å². The molecule has 16 heavy (non-hydrogen) atoms. The van der Waals surface area contributed by atoms with Gasteiger partial charge in [0, 0.05) is 45.3 Å². The van der Waals surface area contributed by atoms with Crippen molar-refractivity contribution in [1.82, 2.24) is 9.80 Å². The number of piperazine rings is 1. The molecular formula is C12H25N3O. The predicted octanol–water partition coefficient (Wildman–Crippen LogP) is -0.134. The quantitative estimate of drug-likeness (QED) is 0.687. The zero-order valence-electron chi connectivity index (χ0n) is 10.4. The molecule has 2 fully saturated rings. The van der Waals surface area contributed by atoms with Gasteiger partial charge in [0.2, 0.25) is 0 Å². The first kappa shape index (κ1) is 12.3. The average molecular weight is 227 g/mol. The highest BCUT2D eigenvalue weighted by atomic mass is 16.3. The van der Waals surface area contributed by atoms with Gasteiger partial charge in [-0.05, 0) is 26.2 Å². The van der Waals surface area contributed by atoms with Gasteiger partial charge >= 0.3 is 0 Å². The number of hydrogen-bond donors (Lipinski definition) is 2. The van der Waals surface area contributed by atoms with Crippen molar-refractivity contribution >= 4 is 0 Å². The van der Waals surface area contributed by atoms with Gasteiger partial charge < -0.3 is 15.7 Å². The molecule has 2 aliphatic rings. The second kappa shape index (κ2) is 5.00. The fraction of sp³-hybridized carbons (Fsp3) is 1.00. The molecule has 0 aromatic carbocycles. The topological polar surface area (TPSA) is 52.7 Å². The largest absolute Gasteiger partial charge is 0.389 e. The van der Waals surface area contributed by atoms with E-state index in [9.17, 15) is 5.11 Å². The molecule has 1 aliphatic carbocycles. The fourth-order valence-electron chi connectivity index (χ4n) is 2.29. The van der Waals surface area contributed by atoms with Gasteiger partial charge in [0.15, 0.2) is 0 Å². The molecule has 2 rings (SSSR count). The molecule has 94 valence electrons. The molecule has 3 N–H and O–H groups in total. The highest BCUT2D eigenvalue weighted by molar-refractivity contribution is 4.88. The Morgan fingerprint density at radius 2 is 1.88 bits per heavy atom. The Morgan fingerprint density at radius 3 is 2.38 bits per heavy atom. The van der Waals surface area contributed by atoms with Crippen LogP contribution in [0.2, 0.25) is 0 Å². The van der Waals surface area contributed by atoms with E-state index in [-0.39, 0.29) is 0 Å². The van der Waals surface area contributed by atoms with Crippen molar-refractivity contribution in [3.63, 3.8) is 0 Å². The van der Waals surface area contributed by atoms with Crippen molar-refractivity contribution in [3.05, 3.63) is 0 Å². The minimum atomic E-state index is -0.687. The third-order valence-electron chi connectivity index (χ3n) is 3.88. The van der Waals surface area contributed by atoms with Crippen LogP contribution in [0.5, 0.6) is 0 Å². The van der Waals surface area contributed by atoms with Gasteiger partial charge in [-0.3, -0.25) is 4.90 Å². The summed E-state index contributed by atoms with van der Waals surface area (Å²) in [5, 5.41) is 9.84. The van der Waals surface area contributed by atoms with Crippen molar-refractivity contribution in [2.45, 2.75) is 37.8 Å². The predicted molar refractivity (Wildman–Crippen MR) is 65.3 cm³/mol. The fourth-order valence-corrected chi connectivity index (χ4v) is 2.29. The lowest BCUT2D eigenvalue weighted by Gasteiger charge is -2.36. The molecule has 1 unspecified atom stereocenters. The maximum absolute atomic E-state index is 9.84. The van der Waals surface area contributed by atoms with E-state index in [1.165, 1.54) is 25.9 Å². The monoisotopic (exact) mass is 227 g/mol. The minimum Gasteiger partial charge on any atom is -0.389 e. The molecule has 0 radical (unpaired) electrons. The van der Waals surface area contributed by atoms with Crippen LogP contribution in [0.1, 0.15) is 26.2 Å². The van der Waals surface area contributed by atoms with E-state index >= 15 is 0 Å². The maximum atomic E-state index is 9.84. The first-order valence-corrected chi connectivity index (χ1v) is 6.49. The summed E-state index contributed by atoms with van der Waals surface area (Å²) >= 11 is 0. The first-order chi connectivity index (χ1) is 7.61. The van der Waals surface area contributed by atoms with E-state index in [4.69, 9.17) is 5.73 Å². The van der Waals surface area contributed by atoms with E-state index in [1.54, 1.807) is 0 Å². The lowest BCUT2D eigenvalue weighted by molar-refractivity contribution is 0.0384. The molecule has 0 aromatic heterocycles. The summed E-state index contributed by atoms with van der Waals surface area (Å²) in [6.45, 7) is 7.87. The molecule has 0 bridgehead atoms. The van der Waals surface area contributed by atoms with E-state index in [0.29, 0.717) is 6.54 Å². The summed E-state index contributed by atoms with van der Waals surface area (Å²) in [6.07, 6.45) is 3.59. The minimum absolute atomic E-state index is 0.356. The van der Waals surface area contributed by atoms with Crippen LogP contribution in [0.3, 0.4) is 0 Å². The van der Waals surface area contributed by atoms with Crippen molar-refractivity contribution in [1.29, 1.82) is 0 Å². The number of hydrogen-bond acceptors (Lipinski definition) is 4. The summed E-state index contributed by atoms with van der Waals surface area (Å²) in [5.74, 6) is 0. The van der Waals surface area contributed by atoms with Crippen LogP contribution in [0.4, 0.5) is 0 Å². The molecule has 1 atom stereocenters. The Bertz CT molecular complexity index is 220. The maximum Gasteiger partial charge on any atom is 0.0753 e. The lowest BCUT2D eigenvalue weighted by atomic mass is 10.0. The van der Waals surface area contributed by atoms with Gasteiger partial charge in [0.25, 0.3) is 0 Å². The summed E-state index contributed by atoms with van der Waals surface area (Å²) in [7, 11) is 0. The summed E-state index contributed by atoms with van der Waals surface area (Å²) in [4.78, 5) is 5.06. The highest BCUT2D eigenvalue weighted by Gasteiger charge is 2.31. The standard InChI is InChI=1S/C12H25N3O/c1-12(16,10-13)4-5-14-6-8-15(9-7-14)11-2-3-11/h11,16H,2-10,13H2,1H3. The van der Waals surface area contributed by atoms with Crippen molar-refractivity contribution in [2.24, 2.45) is 5.73 Å². The van der Waals surface area contributed by atoms with E-state index in [1.807, 2.05) is 6.92 Å². The summed E-state index contributed by atoms with van der Waals surface area (Å²) in [6, 6.07) is 0.897. The Labute approximate surface area is 98.4 Å².